The Kier molecular flexibility index (Phi) is 4.15. The smallest absolute Gasteiger partial charge is 0.294 e. The number of hydrogen-bond donors (Lipinski definition) is 1. The molecule has 5 nitrogen and oxygen atoms in total. The fourth-order valence-electron chi connectivity index (χ4n) is 0.148. The molecule has 0 aliphatic carbocycles. The number of rotatable bonds is 3. The van der Waals surface area contributed by atoms with Crippen molar-refractivity contribution in [1.29, 1.82) is 0 Å². The molecule has 0 saturated heterocycles. The Morgan fingerprint density at radius 2 is 1.89 bits per heavy atom. The first-order chi connectivity index (χ1) is 4.04. The van der Waals surface area contributed by atoms with E-state index in [1.807, 2.05) is 0 Å². The first-order valence-electron chi connectivity index (χ1n) is 1.93. The Morgan fingerprint density at radius 1 is 1.44 bits per heavy atom. The van der Waals surface area contributed by atoms with Gasteiger partial charge in [0.15, 0.2) is 0 Å². The molecule has 0 aromatic rings. The van der Waals surface area contributed by atoms with E-state index < -0.39 is 20.2 Å². The van der Waals surface area contributed by atoms with Gasteiger partial charge in [-0.2, -0.15) is 9.35 Å². The number of hydrogen-bond acceptors (Lipinski definition) is 4. The quantitative estimate of drug-likeness (QED) is 0.346. The van der Waals surface area contributed by atoms with E-state index >= 15 is 0 Å². The van der Waals surface area contributed by atoms with Crippen LogP contribution in [0.1, 0.15) is 0 Å². The third-order valence-corrected chi connectivity index (χ3v) is 1.86. The number of hydroxylamine groups is 2. The molecular weight excluding hydrogens is 166 g/mol. The van der Waals surface area contributed by atoms with E-state index in [0.717, 1.165) is 5.06 Å². The van der Waals surface area contributed by atoms with Crippen LogP contribution in [0.4, 0.5) is 0 Å². The summed E-state index contributed by atoms with van der Waals surface area (Å²) < 4.78 is 32.5. The average Bonchev–Trinajstić information content (AvgIpc) is 1.63. The van der Waals surface area contributed by atoms with Crippen molar-refractivity contribution in [2.45, 2.75) is 0 Å². The predicted octanol–water partition coefficient (Wildman–Crippen LogP) is -0.720. The van der Waals surface area contributed by atoms with Crippen LogP contribution in [0, 0.1) is 0 Å². The second-order valence-electron chi connectivity index (χ2n) is 1.31. The van der Waals surface area contributed by atoms with Crippen LogP contribution in [-0.4, -0.2) is 32.1 Å². The van der Waals surface area contributed by atoms with E-state index in [1.165, 1.54) is 14.1 Å². The van der Waals surface area contributed by atoms with E-state index in [2.05, 4.69) is 4.28 Å². The third-order valence-electron chi connectivity index (χ3n) is 0.326. The van der Waals surface area contributed by atoms with Crippen LogP contribution < -0.4 is 0 Å². The molecule has 0 saturated carbocycles. The monoisotopic (exact) mass is 173 g/mol. The summed E-state index contributed by atoms with van der Waals surface area (Å²) in [5.41, 5.74) is 0. The van der Waals surface area contributed by atoms with Crippen molar-refractivity contribution in [2.24, 2.45) is 0 Å². The van der Waals surface area contributed by atoms with E-state index in [4.69, 9.17) is 4.55 Å². The lowest BCUT2D eigenvalue weighted by atomic mass is 11.2. The van der Waals surface area contributed by atoms with Crippen molar-refractivity contribution in [2.75, 3.05) is 14.1 Å². The molecule has 0 spiro atoms. The van der Waals surface area contributed by atoms with Crippen molar-refractivity contribution >= 4 is 20.2 Å². The SMILES string of the molecule is CN(C)OS(=O)S(=O)O. The van der Waals surface area contributed by atoms with Crippen LogP contribution in [0.15, 0.2) is 0 Å². The lowest BCUT2D eigenvalue weighted by Crippen LogP contribution is -2.16. The molecule has 9 heavy (non-hydrogen) atoms. The van der Waals surface area contributed by atoms with Crippen LogP contribution in [0.3, 0.4) is 0 Å². The van der Waals surface area contributed by atoms with E-state index in [9.17, 15) is 8.42 Å². The second kappa shape index (κ2) is 4.07. The molecule has 0 aliphatic heterocycles. The molecule has 0 aromatic carbocycles. The summed E-state index contributed by atoms with van der Waals surface area (Å²) in [6, 6.07) is 0. The molecule has 0 rings (SSSR count). The van der Waals surface area contributed by atoms with Gasteiger partial charge in [-0.3, -0.25) is 4.55 Å². The highest BCUT2D eigenvalue weighted by Gasteiger charge is 2.07. The Hall–Kier alpha value is 0.180. The molecule has 2 unspecified atom stereocenters. The highest BCUT2D eigenvalue weighted by Crippen LogP contribution is 1.90. The molecule has 0 amide bonds. The topological polar surface area (TPSA) is 66.8 Å². The minimum atomic E-state index is -2.42. The summed E-state index contributed by atoms with van der Waals surface area (Å²) in [5.74, 6) is 0. The fourth-order valence-corrected chi connectivity index (χ4v) is 0.965. The van der Waals surface area contributed by atoms with Gasteiger partial charge in [0.2, 0.25) is 0 Å². The molecule has 7 heteroatoms. The van der Waals surface area contributed by atoms with Crippen LogP contribution in [0.2, 0.25) is 0 Å². The van der Waals surface area contributed by atoms with E-state index in [-0.39, 0.29) is 0 Å². The molecule has 0 aliphatic rings. The van der Waals surface area contributed by atoms with Gasteiger partial charge in [0.05, 0.1) is 0 Å². The Bertz CT molecular complexity index is 135. The molecule has 2 atom stereocenters. The zero-order valence-electron chi connectivity index (χ0n) is 4.94. The Morgan fingerprint density at radius 3 is 2.00 bits per heavy atom. The zero-order valence-corrected chi connectivity index (χ0v) is 6.57. The number of nitrogens with zero attached hydrogens (tertiary/aromatic N) is 1. The summed E-state index contributed by atoms with van der Waals surface area (Å²) in [6.07, 6.45) is 0. The summed E-state index contributed by atoms with van der Waals surface area (Å²) in [7, 11) is -1.64. The molecule has 0 radical (unpaired) electrons. The summed E-state index contributed by atoms with van der Waals surface area (Å²) in [6.45, 7) is 0. The molecule has 0 fully saturated rings. The van der Waals surface area contributed by atoms with Crippen LogP contribution in [0.5, 0.6) is 0 Å². The van der Waals surface area contributed by atoms with Crippen molar-refractivity contribution in [3.63, 3.8) is 0 Å². The summed E-state index contributed by atoms with van der Waals surface area (Å²) >= 11 is 0. The highest BCUT2D eigenvalue weighted by atomic mass is 33.2. The Balaban J connectivity index is 3.65. The maximum atomic E-state index is 10.3. The van der Waals surface area contributed by atoms with Gasteiger partial charge in [-0.15, -0.1) is 0 Å². The van der Waals surface area contributed by atoms with Gasteiger partial charge < -0.3 is 0 Å². The minimum absolute atomic E-state index is 1.09. The standard InChI is InChI=1S/C2H7NO4S2/c1-3(2)7-9(6)8(4)5/h1-2H3,(H,4,5). The van der Waals surface area contributed by atoms with Gasteiger partial charge in [-0.05, 0) is 0 Å². The molecule has 56 valence electrons. The van der Waals surface area contributed by atoms with Crippen LogP contribution in [-0.2, 0) is 24.5 Å². The van der Waals surface area contributed by atoms with E-state index in [0.29, 0.717) is 0 Å². The zero-order chi connectivity index (χ0) is 7.44. The van der Waals surface area contributed by atoms with Gasteiger partial charge in [-0.25, -0.2) is 8.42 Å². The highest BCUT2D eigenvalue weighted by molar-refractivity contribution is 8.56. The molecular formula is C2H7NO4S2. The van der Waals surface area contributed by atoms with Gasteiger partial charge in [0, 0.05) is 14.1 Å². The molecule has 0 heterocycles. The van der Waals surface area contributed by atoms with Crippen molar-refractivity contribution in [1.82, 2.24) is 5.06 Å². The average molecular weight is 173 g/mol. The predicted molar refractivity (Wildman–Crippen MR) is 33.7 cm³/mol. The van der Waals surface area contributed by atoms with Gasteiger partial charge >= 0.3 is 0 Å². The van der Waals surface area contributed by atoms with Gasteiger partial charge in [0.1, 0.15) is 0 Å². The van der Waals surface area contributed by atoms with Crippen molar-refractivity contribution in [3.8, 4) is 0 Å². The first-order valence-corrected chi connectivity index (χ1v) is 4.62. The van der Waals surface area contributed by atoms with Crippen molar-refractivity contribution in [3.05, 3.63) is 0 Å². The maximum Gasteiger partial charge on any atom is 0.294 e. The van der Waals surface area contributed by atoms with Gasteiger partial charge in [0.25, 0.3) is 20.2 Å². The normalized spacial score (nSPS) is 17.8. The maximum absolute atomic E-state index is 10.3. The summed E-state index contributed by atoms with van der Waals surface area (Å²) in [5, 5.41) is 1.09. The molecule has 0 bridgehead atoms. The Labute approximate surface area is 57.3 Å². The third kappa shape index (κ3) is 4.67. The van der Waals surface area contributed by atoms with Crippen molar-refractivity contribution < 1.29 is 17.3 Å². The van der Waals surface area contributed by atoms with Gasteiger partial charge in [-0.1, -0.05) is 0 Å². The van der Waals surface area contributed by atoms with Crippen LogP contribution >= 0.6 is 0 Å². The first kappa shape index (κ1) is 9.18. The lowest BCUT2D eigenvalue weighted by molar-refractivity contribution is 0.0168. The minimum Gasteiger partial charge on any atom is -0.294 e. The largest absolute Gasteiger partial charge is 0.294 e. The van der Waals surface area contributed by atoms with Crippen LogP contribution in [0.25, 0.3) is 0 Å². The second-order valence-corrected chi connectivity index (χ2v) is 3.97. The lowest BCUT2D eigenvalue weighted by Gasteiger charge is -2.04. The molecule has 0 aromatic heterocycles. The summed E-state index contributed by atoms with van der Waals surface area (Å²) in [4.78, 5) is 0. The van der Waals surface area contributed by atoms with E-state index in [1.54, 1.807) is 0 Å². The molecule has 1 N–H and O–H groups in total. The fraction of sp³-hybridized carbons (Fsp3) is 1.00.